The van der Waals surface area contributed by atoms with Crippen LogP contribution in [0.2, 0.25) is 0 Å². The lowest BCUT2D eigenvalue weighted by atomic mass is 10.0. The molecule has 0 saturated carbocycles. The Balaban J connectivity index is 2.59. The molecule has 1 unspecified atom stereocenters. The Morgan fingerprint density at radius 3 is 2.76 bits per heavy atom. The van der Waals surface area contributed by atoms with Gasteiger partial charge in [0.2, 0.25) is 0 Å². The van der Waals surface area contributed by atoms with Gasteiger partial charge in [-0.3, -0.25) is 0 Å². The lowest BCUT2D eigenvalue weighted by molar-refractivity contribution is 0.397. The van der Waals surface area contributed by atoms with Crippen LogP contribution in [0.3, 0.4) is 0 Å². The number of benzene rings is 1. The highest BCUT2D eigenvalue weighted by atomic mass is 32.2. The molecule has 17 heavy (non-hydrogen) atoms. The Morgan fingerprint density at radius 1 is 1.35 bits per heavy atom. The quantitative estimate of drug-likeness (QED) is 0.717. The Bertz CT molecular complexity index is 317. The summed E-state index contributed by atoms with van der Waals surface area (Å²) in [6.45, 7) is 3.27. The van der Waals surface area contributed by atoms with Crippen molar-refractivity contribution in [2.24, 2.45) is 0 Å². The molecule has 0 spiro atoms. The van der Waals surface area contributed by atoms with Gasteiger partial charge in [-0.2, -0.15) is 11.8 Å². The van der Waals surface area contributed by atoms with Crippen LogP contribution in [-0.2, 0) is 0 Å². The van der Waals surface area contributed by atoms with Crippen LogP contribution in [0.1, 0.15) is 31.4 Å². The Hall–Kier alpha value is -0.670. The number of rotatable bonds is 8. The van der Waals surface area contributed by atoms with Crippen molar-refractivity contribution in [3.63, 3.8) is 0 Å². The van der Waals surface area contributed by atoms with Gasteiger partial charge in [-0.15, -0.1) is 0 Å². The van der Waals surface area contributed by atoms with Crippen molar-refractivity contribution < 1.29 is 4.74 Å². The second kappa shape index (κ2) is 8.43. The van der Waals surface area contributed by atoms with E-state index in [0.717, 1.165) is 18.7 Å². The highest BCUT2D eigenvalue weighted by molar-refractivity contribution is 7.98. The van der Waals surface area contributed by atoms with Crippen LogP contribution >= 0.6 is 11.8 Å². The van der Waals surface area contributed by atoms with Crippen LogP contribution in [0, 0.1) is 0 Å². The molecule has 1 N–H and O–H groups in total. The van der Waals surface area contributed by atoms with Crippen LogP contribution in [0.4, 0.5) is 0 Å². The lowest BCUT2D eigenvalue weighted by Crippen LogP contribution is -2.22. The highest BCUT2D eigenvalue weighted by Gasteiger charge is 2.12. The summed E-state index contributed by atoms with van der Waals surface area (Å²) in [6, 6.07) is 8.66. The fraction of sp³-hybridized carbons (Fsp3) is 0.571. The highest BCUT2D eigenvalue weighted by Crippen LogP contribution is 2.26. The van der Waals surface area contributed by atoms with Gasteiger partial charge in [0.25, 0.3) is 0 Å². The normalized spacial score (nSPS) is 12.4. The Morgan fingerprint density at radius 2 is 2.12 bits per heavy atom. The van der Waals surface area contributed by atoms with E-state index in [2.05, 4.69) is 30.6 Å². The van der Waals surface area contributed by atoms with Gasteiger partial charge in [0.1, 0.15) is 5.75 Å². The first-order chi connectivity index (χ1) is 8.33. The fourth-order valence-corrected chi connectivity index (χ4v) is 2.35. The van der Waals surface area contributed by atoms with Crippen LogP contribution in [0.15, 0.2) is 24.3 Å². The van der Waals surface area contributed by atoms with E-state index < -0.39 is 0 Å². The van der Waals surface area contributed by atoms with Crippen LogP contribution < -0.4 is 10.1 Å². The maximum Gasteiger partial charge on any atom is 0.123 e. The van der Waals surface area contributed by atoms with Gasteiger partial charge in [-0.05, 0) is 37.5 Å². The molecule has 0 radical (unpaired) electrons. The summed E-state index contributed by atoms with van der Waals surface area (Å²) in [5.74, 6) is 2.20. The van der Waals surface area contributed by atoms with Gasteiger partial charge in [0.15, 0.2) is 0 Å². The maximum atomic E-state index is 5.41. The second-order valence-corrected chi connectivity index (χ2v) is 4.99. The average molecular weight is 253 g/mol. The van der Waals surface area contributed by atoms with Gasteiger partial charge in [-0.25, -0.2) is 0 Å². The summed E-state index contributed by atoms with van der Waals surface area (Å²) in [7, 11) is 1.74. The molecule has 0 bridgehead atoms. The largest absolute Gasteiger partial charge is 0.496 e. The summed E-state index contributed by atoms with van der Waals surface area (Å²) < 4.78 is 5.41. The number of ether oxygens (including phenoxy) is 1. The average Bonchev–Trinajstić information content (AvgIpc) is 2.39. The van der Waals surface area contributed by atoms with Crippen LogP contribution in [0.5, 0.6) is 5.75 Å². The fourth-order valence-electron chi connectivity index (χ4n) is 1.92. The van der Waals surface area contributed by atoms with Crippen molar-refractivity contribution in [1.82, 2.24) is 5.32 Å². The van der Waals surface area contributed by atoms with E-state index in [0.29, 0.717) is 6.04 Å². The predicted molar refractivity (Wildman–Crippen MR) is 77.0 cm³/mol. The van der Waals surface area contributed by atoms with E-state index in [-0.39, 0.29) is 0 Å². The zero-order valence-electron chi connectivity index (χ0n) is 11.0. The predicted octanol–water partition coefficient (Wildman–Crippen LogP) is 3.49. The molecule has 0 aliphatic heterocycles. The van der Waals surface area contributed by atoms with Crippen molar-refractivity contribution in [3.05, 3.63) is 29.8 Å². The molecular weight excluding hydrogens is 230 g/mol. The minimum absolute atomic E-state index is 0.396. The third-order valence-electron chi connectivity index (χ3n) is 2.84. The molecular formula is C14H23NOS. The van der Waals surface area contributed by atoms with E-state index in [9.17, 15) is 0 Å². The van der Waals surface area contributed by atoms with E-state index in [1.807, 2.05) is 23.9 Å². The van der Waals surface area contributed by atoms with Gasteiger partial charge >= 0.3 is 0 Å². The number of nitrogens with one attached hydrogen (secondary N) is 1. The molecule has 0 aliphatic carbocycles. The summed E-state index contributed by atoms with van der Waals surface area (Å²) in [5.41, 5.74) is 1.27. The van der Waals surface area contributed by atoms with Crippen molar-refractivity contribution in [3.8, 4) is 5.75 Å². The lowest BCUT2D eigenvalue weighted by Gasteiger charge is -2.19. The van der Waals surface area contributed by atoms with Gasteiger partial charge in [0.05, 0.1) is 7.11 Å². The maximum absolute atomic E-state index is 5.41. The molecule has 0 amide bonds. The number of methoxy groups -OCH3 is 1. The van der Waals surface area contributed by atoms with Gasteiger partial charge in [0, 0.05) is 11.6 Å². The number of hydrogen-bond donors (Lipinski definition) is 1. The number of hydrogen-bond acceptors (Lipinski definition) is 3. The molecule has 0 aliphatic rings. The van der Waals surface area contributed by atoms with Crippen molar-refractivity contribution >= 4 is 11.8 Å². The summed E-state index contributed by atoms with van der Waals surface area (Å²) in [6.07, 6.45) is 4.45. The second-order valence-electron chi connectivity index (χ2n) is 4.00. The SMILES string of the molecule is CCC(NCCCSC)c1ccccc1OC. The topological polar surface area (TPSA) is 21.3 Å². The molecule has 1 atom stereocenters. The minimum Gasteiger partial charge on any atom is -0.496 e. The van der Waals surface area contributed by atoms with E-state index >= 15 is 0 Å². The molecule has 1 rings (SSSR count). The van der Waals surface area contributed by atoms with Crippen LogP contribution in [-0.4, -0.2) is 25.7 Å². The Labute approximate surface area is 109 Å². The first-order valence-corrected chi connectivity index (χ1v) is 7.58. The number of para-hydroxylation sites is 1. The smallest absolute Gasteiger partial charge is 0.123 e. The standard InChI is InChI=1S/C14H23NOS/c1-4-13(15-10-7-11-17-3)12-8-5-6-9-14(12)16-2/h5-6,8-9,13,15H,4,7,10-11H2,1-3H3. The van der Waals surface area contributed by atoms with Gasteiger partial charge < -0.3 is 10.1 Å². The third kappa shape index (κ3) is 4.60. The van der Waals surface area contributed by atoms with Crippen molar-refractivity contribution in [1.29, 1.82) is 0 Å². The Kier molecular flexibility index (Phi) is 7.13. The molecule has 96 valence electrons. The van der Waals surface area contributed by atoms with E-state index in [1.165, 1.54) is 17.7 Å². The monoisotopic (exact) mass is 253 g/mol. The summed E-state index contributed by atoms with van der Waals surface area (Å²) >= 11 is 1.90. The van der Waals surface area contributed by atoms with Crippen molar-refractivity contribution in [2.45, 2.75) is 25.8 Å². The first kappa shape index (κ1) is 14.4. The van der Waals surface area contributed by atoms with Crippen LogP contribution in [0.25, 0.3) is 0 Å². The van der Waals surface area contributed by atoms with E-state index in [1.54, 1.807) is 7.11 Å². The molecule has 1 aromatic carbocycles. The number of thioether (sulfide) groups is 1. The van der Waals surface area contributed by atoms with Crippen molar-refractivity contribution in [2.75, 3.05) is 25.7 Å². The molecule has 0 saturated heterocycles. The molecule has 2 nitrogen and oxygen atoms in total. The molecule has 0 fully saturated rings. The zero-order chi connectivity index (χ0) is 12.5. The summed E-state index contributed by atoms with van der Waals surface area (Å²) in [5, 5.41) is 3.60. The molecule has 3 heteroatoms. The summed E-state index contributed by atoms with van der Waals surface area (Å²) in [4.78, 5) is 0. The third-order valence-corrected chi connectivity index (χ3v) is 3.54. The van der Waals surface area contributed by atoms with Gasteiger partial charge in [-0.1, -0.05) is 25.1 Å². The minimum atomic E-state index is 0.396. The zero-order valence-corrected chi connectivity index (χ0v) is 11.8. The molecule has 0 heterocycles. The van der Waals surface area contributed by atoms with E-state index in [4.69, 9.17) is 4.74 Å². The molecule has 1 aromatic rings. The molecule has 0 aromatic heterocycles. The first-order valence-electron chi connectivity index (χ1n) is 6.18.